The highest BCUT2D eigenvalue weighted by Gasteiger charge is 1.98. The Kier molecular flexibility index (Phi) is 5.08. The summed E-state index contributed by atoms with van der Waals surface area (Å²) >= 11 is 0. The van der Waals surface area contributed by atoms with Crippen LogP contribution < -0.4 is 11.1 Å². The maximum absolute atomic E-state index is 5.34. The Bertz CT molecular complexity index is 454. The molecule has 0 saturated heterocycles. The largest absolute Gasteiger partial charge is 0.405 e. The Balaban J connectivity index is 3.03. The van der Waals surface area contributed by atoms with Crippen molar-refractivity contribution in [3.63, 3.8) is 0 Å². The average Bonchev–Trinajstić information content (AvgIpc) is 2.33. The molecule has 0 aliphatic heterocycles. The number of hydrogen-bond donors (Lipinski definition) is 2. The van der Waals surface area contributed by atoms with E-state index in [2.05, 4.69) is 43.4 Å². The minimum absolute atomic E-state index is 1.06. The van der Waals surface area contributed by atoms with Crippen LogP contribution in [0.4, 0.5) is 0 Å². The van der Waals surface area contributed by atoms with Crippen molar-refractivity contribution in [2.24, 2.45) is 5.73 Å². The lowest BCUT2D eigenvalue weighted by atomic mass is 10.0. The number of nitrogens with one attached hydrogen (secondary N) is 1. The van der Waals surface area contributed by atoms with Crippen LogP contribution in [0.15, 0.2) is 53.9 Å². The summed E-state index contributed by atoms with van der Waals surface area (Å²) in [5.41, 5.74) is 10.1. The highest BCUT2D eigenvalue weighted by Crippen LogP contribution is 2.15. The molecule has 0 aliphatic carbocycles. The molecule has 0 amide bonds. The Hall–Kier alpha value is -1.96. The molecule has 3 N–H and O–H groups in total. The fourth-order valence-electron chi connectivity index (χ4n) is 1.62. The SMILES string of the molecule is CNC(=C\C=C/N)/C(C)=C/c1ccccc1C. The molecule has 0 unspecified atom stereocenters. The summed E-state index contributed by atoms with van der Waals surface area (Å²) in [7, 11) is 1.91. The Labute approximate surface area is 104 Å². The number of aryl methyl sites for hydroxylation is 1. The van der Waals surface area contributed by atoms with Crippen molar-refractivity contribution in [1.82, 2.24) is 5.32 Å². The third kappa shape index (κ3) is 3.83. The van der Waals surface area contributed by atoms with E-state index in [9.17, 15) is 0 Å². The molecule has 1 rings (SSSR count). The van der Waals surface area contributed by atoms with E-state index >= 15 is 0 Å². The normalized spacial score (nSPS) is 13.1. The van der Waals surface area contributed by atoms with Gasteiger partial charge in [-0.3, -0.25) is 0 Å². The Morgan fingerprint density at radius 3 is 2.59 bits per heavy atom. The van der Waals surface area contributed by atoms with E-state index in [0.29, 0.717) is 0 Å². The highest BCUT2D eigenvalue weighted by atomic mass is 14.8. The fourth-order valence-corrected chi connectivity index (χ4v) is 1.62. The van der Waals surface area contributed by atoms with Crippen LogP contribution in [0.25, 0.3) is 6.08 Å². The van der Waals surface area contributed by atoms with E-state index < -0.39 is 0 Å². The third-order valence-corrected chi connectivity index (χ3v) is 2.63. The Morgan fingerprint density at radius 1 is 1.29 bits per heavy atom. The minimum atomic E-state index is 1.06. The molecule has 0 aromatic heterocycles. The van der Waals surface area contributed by atoms with Crippen LogP contribution in [-0.4, -0.2) is 7.05 Å². The van der Waals surface area contributed by atoms with Crippen molar-refractivity contribution in [3.8, 4) is 0 Å². The van der Waals surface area contributed by atoms with E-state index in [1.807, 2.05) is 25.3 Å². The molecule has 0 bridgehead atoms. The minimum Gasteiger partial charge on any atom is -0.405 e. The molecule has 1 aromatic rings. The molecule has 17 heavy (non-hydrogen) atoms. The van der Waals surface area contributed by atoms with Crippen LogP contribution in [0.3, 0.4) is 0 Å². The van der Waals surface area contributed by atoms with Crippen LogP contribution in [0, 0.1) is 6.92 Å². The van der Waals surface area contributed by atoms with E-state index in [0.717, 1.165) is 5.70 Å². The summed E-state index contributed by atoms with van der Waals surface area (Å²) in [6.07, 6.45) is 7.48. The first-order valence-corrected chi connectivity index (χ1v) is 5.69. The van der Waals surface area contributed by atoms with Gasteiger partial charge in [-0.25, -0.2) is 0 Å². The first-order chi connectivity index (χ1) is 8.19. The molecule has 0 radical (unpaired) electrons. The second-order valence-corrected chi connectivity index (χ2v) is 3.90. The van der Waals surface area contributed by atoms with Gasteiger partial charge in [0.05, 0.1) is 0 Å². The maximum atomic E-state index is 5.34. The molecule has 0 atom stereocenters. The van der Waals surface area contributed by atoms with Gasteiger partial charge in [-0.05, 0) is 55.0 Å². The first kappa shape index (κ1) is 13.1. The predicted molar refractivity (Wildman–Crippen MR) is 75.3 cm³/mol. The van der Waals surface area contributed by atoms with E-state index in [-0.39, 0.29) is 0 Å². The molecular formula is C15H20N2. The number of allylic oxidation sites excluding steroid dienone is 3. The molecule has 2 nitrogen and oxygen atoms in total. The van der Waals surface area contributed by atoms with Gasteiger partial charge in [-0.2, -0.15) is 0 Å². The third-order valence-electron chi connectivity index (χ3n) is 2.63. The summed E-state index contributed by atoms with van der Waals surface area (Å²) in [4.78, 5) is 0. The van der Waals surface area contributed by atoms with Gasteiger partial charge >= 0.3 is 0 Å². The molecular weight excluding hydrogens is 208 g/mol. The molecule has 0 fully saturated rings. The average molecular weight is 228 g/mol. The summed E-state index contributed by atoms with van der Waals surface area (Å²) < 4.78 is 0. The highest BCUT2D eigenvalue weighted by molar-refractivity contribution is 5.60. The van der Waals surface area contributed by atoms with Crippen molar-refractivity contribution >= 4 is 6.08 Å². The van der Waals surface area contributed by atoms with Crippen molar-refractivity contribution in [2.45, 2.75) is 13.8 Å². The van der Waals surface area contributed by atoms with Crippen LogP contribution in [-0.2, 0) is 0 Å². The number of hydrogen-bond acceptors (Lipinski definition) is 2. The molecule has 1 aromatic carbocycles. The second-order valence-electron chi connectivity index (χ2n) is 3.90. The van der Waals surface area contributed by atoms with Crippen molar-refractivity contribution in [3.05, 3.63) is 65.0 Å². The van der Waals surface area contributed by atoms with Crippen LogP contribution in [0.1, 0.15) is 18.1 Å². The van der Waals surface area contributed by atoms with Crippen molar-refractivity contribution < 1.29 is 0 Å². The first-order valence-electron chi connectivity index (χ1n) is 5.69. The summed E-state index contributed by atoms with van der Waals surface area (Å²) in [6, 6.07) is 8.33. The summed E-state index contributed by atoms with van der Waals surface area (Å²) in [5.74, 6) is 0. The lowest BCUT2D eigenvalue weighted by Crippen LogP contribution is -2.06. The zero-order chi connectivity index (χ0) is 12.7. The lowest BCUT2D eigenvalue weighted by Gasteiger charge is -2.07. The lowest BCUT2D eigenvalue weighted by molar-refractivity contribution is 1.00. The summed E-state index contributed by atoms with van der Waals surface area (Å²) in [5, 5.41) is 3.16. The molecule has 0 spiro atoms. The van der Waals surface area contributed by atoms with Crippen LogP contribution in [0.5, 0.6) is 0 Å². The van der Waals surface area contributed by atoms with E-state index in [1.165, 1.54) is 22.9 Å². The zero-order valence-electron chi connectivity index (χ0n) is 10.7. The van der Waals surface area contributed by atoms with E-state index in [4.69, 9.17) is 5.73 Å². The van der Waals surface area contributed by atoms with Crippen LogP contribution >= 0.6 is 0 Å². The van der Waals surface area contributed by atoms with Gasteiger partial charge in [-0.15, -0.1) is 0 Å². The van der Waals surface area contributed by atoms with Gasteiger partial charge in [0.1, 0.15) is 0 Å². The topological polar surface area (TPSA) is 38.0 Å². The molecule has 0 aliphatic rings. The van der Waals surface area contributed by atoms with Gasteiger partial charge in [0.25, 0.3) is 0 Å². The number of benzene rings is 1. The fraction of sp³-hybridized carbons (Fsp3) is 0.200. The quantitative estimate of drug-likeness (QED) is 0.777. The van der Waals surface area contributed by atoms with Gasteiger partial charge in [0.15, 0.2) is 0 Å². The number of likely N-dealkylation sites (N-methyl/N-ethyl adjacent to an activating group) is 1. The second kappa shape index (κ2) is 6.59. The number of rotatable bonds is 4. The molecule has 90 valence electrons. The predicted octanol–water partition coefficient (Wildman–Crippen LogP) is 2.97. The van der Waals surface area contributed by atoms with Gasteiger partial charge in [0, 0.05) is 12.7 Å². The van der Waals surface area contributed by atoms with Gasteiger partial charge in [-0.1, -0.05) is 24.3 Å². The standard InChI is InChI=1S/C15H20N2/c1-12-7-4-5-8-14(12)11-13(2)15(17-3)9-6-10-16/h4-11,17H,16H2,1-3H3/b10-6-,13-11+,15-9-. The van der Waals surface area contributed by atoms with Gasteiger partial charge in [0.2, 0.25) is 0 Å². The summed E-state index contributed by atoms with van der Waals surface area (Å²) in [6.45, 7) is 4.20. The van der Waals surface area contributed by atoms with Gasteiger partial charge < -0.3 is 11.1 Å². The molecule has 0 saturated carbocycles. The van der Waals surface area contributed by atoms with Crippen LogP contribution in [0.2, 0.25) is 0 Å². The monoisotopic (exact) mass is 228 g/mol. The van der Waals surface area contributed by atoms with Crippen molar-refractivity contribution in [2.75, 3.05) is 7.05 Å². The molecule has 0 heterocycles. The Morgan fingerprint density at radius 2 is 2.00 bits per heavy atom. The number of nitrogens with two attached hydrogens (primary N) is 1. The smallest absolute Gasteiger partial charge is 0.0368 e. The zero-order valence-corrected chi connectivity index (χ0v) is 10.7. The maximum Gasteiger partial charge on any atom is 0.0368 e. The molecule has 2 heteroatoms. The van der Waals surface area contributed by atoms with Crippen molar-refractivity contribution in [1.29, 1.82) is 0 Å². The van der Waals surface area contributed by atoms with E-state index in [1.54, 1.807) is 0 Å².